The normalized spacial score (nSPS) is 9.00. The molecule has 0 unspecified atom stereocenters. The van der Waals surface area contributed by atoms with Gasteiger partial charge in [0.2, 0.25) is 0 Å². The molecule has 0 bridgehead atoms. The summed E-state index contributed by atoms with van der Waals surface area (Å²) >= 11 is 1.34. The molecule has 1 heterocycles. The zero-order chi connectivity index (χ0) is 10.4. The number of rotatable bonds is 2. The van der Waals surface area contributed by atoms with E-state index in [1.165, 1.54) is 18.4 Å². The maximum absolute atomic E-state index is 11.2. The van der Waals surface area contributed by atoms with Crippen molar-refractivity contribution in [3.63, 3.8) is 0 Å². The number of methoxy groups -OCH3 is 1. The molecular weight excluding hydrogens is 198 g/mol. The van der Waals surface area contributed by atoms with E-state index in [4.69, 9.17) is 0 Å². The average molecular weight is 209 g/mol. The number of hydrogen-bond donors (Lipinski definition) is 1. The fourth-order valence-electron chi connectivity index (χ4n) is 0.886. The fraction of sp³-hybridized carbons (Fsp3) is 0.300. The minimum atomic E-state index is -0.325. The average Bonchev–Trinajstić information content (AvgIpc) is 2.65. The number of nitrogens with one attached hydrogen (secondary N) is 1. The van der Waals surface area contributed by atoms with E-state index in [1.807, 2.05) is 18.5 Å². The molecule has 0 fully saturated rings. The van der Waals surface area contributed by atoms with Crippen molar-refractivity contribution < 1.29 is 9.53 Å². The summed E-state index contributed by atoms with van der Waals surface area (Å²) in [5, 5.41) is 4.74. The zero-order valence-electron chi connectivity index (χ0n) is 8.09. The third-order valence-electron chi connectivity index (χ3n) is 1.52. The summed E-state index contributed by atoms with van der Waals surface area (Å²) in [6, 6.07) is 1.82. The Balaban J connectivity index is 2.84. The van der Waals surface area contributed by atoms with Gasteiger partial charge >= 0.3 is 5.97 Å². The fourth-order valence-corrected chi connectivity index (χ4v) is 1.65. The molecule has 0 spiro atoms. The predicted octanol–water partition coefficient (Wildman–Crippen LogP) is 1.11. The minimum Gasteiger partial charge on any atom is -0.465 e. The van der Waals surface area contributed by atoms with Gasteiger partial charge in [0.25, 0.3) is 0 Å². The first-order valence-electron chi connectivity index (χ1n) is 4.09. The van der Waals surface area contributed by atoms with Crippen LogP contribution in [0.4, 0.5) is 0 Å². The second-order valence-electron chi connectivity index (χ2n) is 2.49. The molecule has 0 aliphatic heterocycles. The van der Waals surface area contributed by atoms with E-state index in [0.29, 0.717) is 11.4 Å². The molecule has 0 saturated carbocycles. The topological polar surface area (TPSA) is 38.3 Å². The lowest BCUT2D eigenvalue weighted by Crippen LogP contribution is -2.04. The van der Waals surface area contributed by atoms with Crippen LogP contribution in [0.5, 0.6) is 0 Å². The van der Waals surface area contributed by atoms with Crippen molar-refractivity contribution >= 4 is 17.3 Å². The number of esters is 1. The standard InChI is InChI=1S/C10H11NO2S/c1-11-6-3-4-8-5-7-14-9(8)10(12)13-2/h5,7,11H,6H2,1-2H3. The Hall–Kier alpha value is -1.31. The quantitative estimate of drug-likeness (QED) is 0.585. The van der Waals surface area contributed by atoms with Gasteiger partial charge in [0.15, 0.2) is 0 Å². The first kappa shape index (κ1) is 10.8. The summed E-state index contributed by atoms with van der Waals surface area (Å²) in [4.78, 5) is 11.8. The highest BCUT2D eigenvalue weighted by atomic mass is 32.1. The van der Waals surface area contributed by atoms with E-state index < -0.39 is 0 Å². The maximum atomic E-state index is 11.2. The highest BCUT2D eigenvalue weighted by molar-refractivity contribution is 7.12. The van der Waals surface area contributed by atoms with Crippen LogP contribution >= 0.6 is 11.3 Å². The van der Waals surface area contributed by atoms with Crippen LogP contribution in [0.25, 0.3) is 0 Å². The summed E-state index contributed by atoms with van der Waals surface area (Å²) in [6.07, 6.45) is 0. The lowest BCUT2D eigenvalue weighted by molar-refractivity contribution is 0.0606. The molecule has 3 nitrogen and oxygen atoms in total. The Bertz CT molecular complexity index is 373. The van der Waals surface area contributed by atoms with Crippen LogP contribution in [0, 0.1) is 11.8 Å². The number of thiophene rings is 1. The van der Waals surface area contributed by atoms with Crippen LogP contribution in [0.3, 0.4) is 0 Å². The van der Waals surface area contributed by atoms with Gasteiger partial charge in [0.1, 0.15) is 4.88 Å². The van der Waals surface area contributed by atoms with Crippen molar-refractivity contribution in [3.8, 4) is 11.8 Å². The highest BCUT2D eigenvalue weighted by Crippen LogP contribution is 2.16. The predicted molar refractivity (Wildman–Crippen MR) is 56.5 cm³/mol. The number of hydrogen-bond acceptors (Lipinski definition) is 4. The second-order valence-corrected chi connectivity index (χ2v) is 3.40. The van der Waals surface area contributed by atoms with Crippen LogP contribution in [0.2, 0.25) is 0 Å². The number of ether oxygens (including phenoxy) is 1. The molecule has 1 N–H and O–H groups in total. The lowest BCUT2D eigenvalue weighted by atomic mass is 10.2. The Morgan fingerprint density at radius 2 is 2.50 bits per heavy atom. The molecule has 0 aliphatic carbocycles. The van der Waals surface area contributed by atoms with Gasteiger partial charge in [-0.2, -0.15) is 0 Å². The Labute approximate surface area is 87.1 Å². The van der Waals surface area contributed by atoms with Gasteiger partial charge in [-0.3, -0.25) is 0 Å². The molecule has 0 saturated heterocycles. The van der Waals surface area contributed by atoms with Crippen molar-refractivity contribution in [3.05, 3.63) is 21.9 Å². The number of carbonyl (C=O) groups is 1. The zero-order valence-corrected chi connectivity index (χ0v) is 8.90. The largest absolute Gasteiger partial charge is 0.465 e. The Kier molecular flexibility index (Phi) is 4.17. The summed E-state index contributed by atoms with van der Waals surface area (Å²) < 4.78 is 4.63. The summed E-state index contributed by atoms with van der Waals surface area (Å²) in [5.41, 5.74) is 0.733. The molecule has 1 rings (SSSR count). The Morgan fingerprint density at radius 1 is 1.71 bits per heavy atom. The molecule has 4 heteroatoms. The monoisotopic (exact) mass is 209 g/mol. The highest BCUT2D eigenvalue weighted by Gasteiger charge is 2.11. The van der Waals surface area contributed by atoms with E-state index in [9.17, 15) is 4.79 Å². The van der Waals surface area contributed by atoms with E-state index in [0.717, 1.165) is 5.56 Å². The van der Waals surface area contributed by atoms with Gasteiger partial charge in [-0.1, -0.05) is 11.8 Å². The molecule has 1 aromatic rings. The molecule has 14 heavy (non-hydrogen) atoms. The van der Waals surface area contributed by atoms with Crippen LogP contribution < -0.4 is 5.32 Å². The summed E-state index contributed by atoms with van der Waals surface area (Å²) in [5.74, 6) is 5.48. The smallest absolute Gasteiger partial charge is 0.349 e. The van der Waals surface area contributed by atoms with Crippen molar-refractivity contribution in [2.45, 2.75) is 0 Å². The van der Waals surface area contributed by atoms with E-state index in [2.05, 4.69) is 21.9 Å². The SMILES string of the molecule is CNCC#Cc1ccsc1C(=O)OC. The lowest BCUT2D eigenvalue weighted by Gasteiger charge is -1.94. The summed E-state index contributed by atoms with van der Waals surface area (Å²) in [6.45, 7) is 0.608. The maximum Gasteiger partial charge on any atom is 0.349 e. The number of carbonyl (C=O) groups excluding carboxylic acids is 1. The van der Waals surface area contributed by atoms with Crippen LogP contribution in [-0.2, 0) is 4.74 Å². The molecule has 0 amide bonds. The molecule has 1 aromatic heterocycles. The van der Waals surface area contributed by atoms with Gasteiger partial charge in [-0.15, -0.1) is 11.3 Å². The molecule has 0 aromatic carbocycles. The van der Waals surface area contributed by atoms with Gasteiger partial charge in [0.05, 0.1) is 13.7 Å². The third kappa shape index (κ3) is 2.59. The van der Waals surface area contributed by atoms with Crippen LogP contribution in [-0.4, -0.2) is 26.7 Å². The molecule has 0 atom stereocenters. The van der Waals surface area contributed by atoms with E-state index in [1.54, 1.807) is 0 Å². The molecular formula is C10H11NO2S. The van der Waals surface area contributed by atoms with Crippen molar-refractivity contribution in [2.75, 3.05) is 20.7 Å². The van der Waals surface area contributed by atoms with Crippen molar-refractivity contribution in [1.82, 2.24) is 5.32 Å². The molecule has 74 valence electrons. The van der Waals surface area contributed by atoms with Crippen molar-refractivity contribution in [1.29, 1.82) is 0 Å². The first-order chi connectivity index (χ1) is 6.79. The van der Waals surface area contributed by atoms with Gasteiger partial charge < -0.3 is 10.1 Å². The summed E-state index contributed by atoms with van der Waals surface area (Å²) in [7, 11) is 3.19. The molecule has 0 aliphatic rings. The Morgan fingerprint density at radius 3 is 3.14 bits per heavy atom. The van der Waals surface area contributed by atoms with Gasteiger partial charge in [-0.25, -0.2) is 4.79 Å². The van der Waals surface area contributed by atoms with E-state index >= 15 is 0 Å². The van der Waals surface area contributed by atoms with Crippen LogP contribution in [0.1, 0.15) is 15.2 Å². The molecule has 0 radical (unpaired) electrons. The second kappa shape index (κ2) is 5.43. The van der Waals surface area contributed by atoms with Gasteiger partial charge in [-0.05, 0) is 18.5 Å². The van der Waals surface area contributed by atoms with E-state index in [-0.39, 0.29) is 5.97 Å². The van der Waals surface area contributed by atoms with Crippen LogP contribution in [0.15, 0.2) is 11.4 Å². The minimum absolute atomic E-state index is 0.325. The van der Waals surface area contributed by atoms with Crippen molar-refractivity contribution in [2.24, 2.45) is 0 Å². The third-order valence-corrected chi connectivity index (χ3v) is 2.42. The van der Waals surface area contributed by atoms with Gasteiger partial charge in [0, 0.05) is 5.56 Å². The first-order valence-corrected chi connectivity index (χ1v) is 4.97.